The Morgan fingerprint density at radius 2 is 2.00 bits per heavy atom. The van der Waals surface area contributed by atoms with Crippen molar-refractivity contribution in [3.05, 3.63) is 11.5 Å². The Labute approximate surface area is 94.1 Å². The standard InChI is InChI=1S/C9H14N2O4S/c1-5(7(3)12)11-16(13,14)9-6(2)10-15-8(9)4/h5,11H,1-4H3. The number of carbonyl (C=O) groups excluding carboxylic acids is 1. The number of aromatic nitrogens is 1. The highest BCUT2D eigenvalue weighted by molar-refractivity contribution is 7.89. The summed E-state index contributed by atoms with van der Waals surface area (Å²) < 4.78 is 30.8. The molecule has 1 atom stereocenters. The van der Waals surface area contributed by atoms with Crippen LogP contribution in [0.25, 0.3) is 0 Å². The molecule has 0 aromatic carbocycles. The highest BCUT2D eigenvalue weighted by Crippen LogP contribution is 2.18. The summed E-state index contributed by atoms with van der Waals surface area (Å²) in [6.45, 7) is 5.84. The van der Waals surface area contributed by atoms with E-state index >= 15 is 0 Å². The monoisotopic (exact) mass is 246 g/mol. The molecule has 0 bridgehead atoms. The van der Waals surface area contributed by atoms with E-state index in [0.29, 0.717) is 0 Å². The second-order valence-electron chi connectivity index (χ2n) is 3.61. The van der Waals surface area contributed by atoms with Crippen molar-refractivity contribution >= 4 is 15.8 Å². The Morgan fingerprint density at radius 1 is 1.44 bits per heavy atom. The Bertz CT molecular complexity index is 484. The van der Waals surface area contributed by atoms with Gasteiger partial charge < -0.3 is 4.52 Å². The zero-order valence-corrected chi connectivity index (χ0v) is 10.4. The Morgan fingerprint density at radius 3 is 2.38 bits per heavy atom. The first-order valence-electron chi connectivity index (χ1n) is 4.71. The number of aryl methyl sites for hydroxylation is 2. The van der Waals surface area contributed by atoms with Gasteiger partial charge in [-0.15, -0.1) is 0 Å². The molecule has 0 saturated carbocycles. The number of nitrogens with one attached hydrogen (secondary N) is 1. The van der Waals surface area contributed by atoms with Gasteiger partial charge in [0.25, 0.3) is 0 Å². The minimum atomic E-state index is -3.75. The fourth-order valence-corrected chi connectivity index (χ4v) is 2.82. The summed E-state index contributed by atoms with van der Waals surface area (Å²) in [4.78, 5) is 11.0. The molecule has 0 spiro atoms. The molecule has 0 aliphatic heterocycles. The minimum Gasteiger partial charge on any atom is -0.360 e. The first-order valence-corrected chi connectivity index (χ1v) is 6.19. The van der Waals surface area contributed by atoms with Crippen molar-refractivity contribution < 1.29 is 17.7 Å². The average molecular weight is 246 g/mol. The first kappa shape index (κ1) is 12.9. The molecule has 1 heterocycles. The van der Waals surface area contributed by atoms with Crippen LogP contribution in [-0.2, 0) is 14.8 Å². The van der Waals surface area contributed by atoms with Gasteiger partial charge in [-0.1, -0.05) is 5.16 Å². The Hall–Kier alpha value is -1.21. The molecule has 6 nitrogen and oxygen atoms in total. The number of carbonyl (C=O) groups is 1. The zero-order chi connectivity index (χ0) is 12.5. The largest absolute Gasteiger partial charge is 0.360 e. The van der Waals surface area contributed by atoms with Crippen LogP contribution < -0.4 is 4.72 Å². The maximum absolute atomic E-state index is 11.9. The number of Topliss-reactive ketones (excluding diaryl/α,β-unsaturated/α-hetero) is 1. The normalized spacial score (nSPS) is 13.8. The SMILES string of the molecule is CC(=O)C(C)NS(=O)(=O)c1c(C)noc1C. The number of hydrogen-bond donors (Lipinski definition) is 1. The molecule has 0 fully saturated rings. The van der Waals surface area contributed by atoms with Gasteiger partial charge in [-0.2, -0.15) is 0 Å². The number of ketones is 1. The predicted octanol–water partition coefficient (Wildman–Crippen LogP) is 0.547. The van der Waals surface area contributed by atoms with Crippen LogP contribution in [0.15, 0.2) is 9.42 Å². The van der Waals surface area contributed by atoms with Crippen LogP contribution in [0.2, 0.25) is 0 Å². The van der Waals surface area contributed by atoms with Gasteiger partial charge in [0.15, 0.2) is 5.76 Å². The first-order chi connectivity index (χ1) is 7.25. The van der Waals surface area contributed by atoms with E-state index in [-0.39, 0.29) is 22.1 Å². The third-order valence-corrected chi connectivity index (χ3v) is 3.96. The quantitative estimate of drug-likeness (QED) is 0.837. The number of nitrogens with zero attached hydrogens (tertiary/aromatic N) is 1. The highest BCUT2D eigenvalue weighted by atomic mass is 32.2. The van der Waals surface area contributed by atoms with E-state index in [4.69, 9.17) is 4.52 Å². The fraction of sp³-hybridized carbons (Fsp3) is 0.556. The van der Waals surface area contributed by atoms with Gasteiger partial charge in [0.2, 0.25) is 10.0 Å². The van der Waals surface area contributed by atoms with Crippen molar-refractivity contribution in [2.24, 2.45) is 0 Å². The van der Waals surface area contributed by atoms with Crippen LogP contribution in [0.5, 0.6) is 0 Å². The van der Waals surface area contributed by atoms with Crippen molar-refractivity contribution in [3.63, 3.8) is 0 Å². The van der Waals surface area contributed by atoms with Crippen LogP contribution >= 0.6 is 0 Å². The summed E-state index contributed by atoms with van der Waals surface area (Å²) in [6.07, 6.45) is 0. The van der Waals surface area contributed by atoms with Crippen molar-refractivity contribution in [3.8, 4) is 0 Å². The van der Waals surface area contributed by atoms with E-state index in [1.165, 1.54) is 27.7 Å². The molecular weight excluding hydrogens is 232 g/mol. The van der Waals surface area contributed by atoms with Gasteiger partial charge >= 0.3 is 0 Å². The van der Waals surface area contributed by atoms with Crippen LogP contribution in [0, 0.1) is 13.8 Å². The molecule has 0 aliphatic carbocycles. The topological polar surface area (TPSA) is 89.3 Å². The summed E-state index contributed by atoms with van der Waals surface area (Å²) in [6, 6.07) is -0.765. The second-order valence-corrected chi connectivity index (χ2v) is 5.26. The Balaban J connectivity index is 3.09. The molecule has 0 saturated heterocycles. The lowest BCUT2D eigenvalue weighted by Crippen LogP contribution is -2.37. The molecule has 1 N–H and O–H groups in total. The number of rotatable bonds is 4. The zero-order valence-electron chi connectivity index (χ0n) is 9.57. The summed E-state index contributed by atoms with van der Waals surface area (Å²) >= 11 is 0. The second kappa shape index (κ2) is 4.34. The predicted molar refractivity (Wildman–Crippen MR) is 56.4 cm³/mol. The molecule has 0 aliphatic rings. The lowest BCUT2D eigenvalue weighted by atomic mass is 10.3. The lowest BCUT2D eigenvalue weighted by Gasteiger charge is -2.10. The maximum atomic E-state index is 11.9. The molecule has 1 aromatic rings. The van der Waals surface area contributed by atoms with Gasteiger partial charge in [0.1, 0.15) is 16.4 Å². The third kappa shape index (κ3) is 2.48. The number of sulfonamides is 1. The van der Waals surface area contributed by atoms with Crippen LogP contribution in [-0.4, -0.2) is 25.4 Å². The molecule has 7 heteroatoms. The lowest BCUT2D eigenvalue weighted by molar-refractivity contribution is -0.118. The molecule has 1 unspecified atom stereocenters. The van der Waals surface area contributed by atoms with Crippen molar-refractivity contribution in [1.82, 2.24) is 9.88 Å². The van der Waals surface area contributed by atoms with Crippen LogP contribution in [0.1, 0.15) is 25.3 Å². The van der Waals surface area contributed by atoms with E-state index in [9.17, 15) is 13.2 Å². The average Bonchev–Trinajstić information content (AvgIpc) is 2.45. The van der Waals surface area contributed by atoms with Gasteiger partial charge in [-0.05, 0) is 27.7 Å². The van der Waals surface area contributed by atoms with Crippen molar-refractivity contribution in [2.75, 3.05) is 0 Å². The molecule has 0 radical (unpaired) electrons. The maximum Gasteiger partial charge on any atom is 0.246 e. The molecule has 1 rings (SSSR count). The minimum absolute atomic E-state index is 0.000556. The fourth-order valence-electron chi connectivity index (χ4n) is 1.23. The smallest absolute Gasteiger partial charge is 0.246 e. The van der Waals surface area contributed by atoms with E-state index in [1.54, 1.807) is 0 Å². The molecular formula is C9H14N2O4S. The molecule has 16 heavy (non-hydrogen) atoms. The summed E-state index contributed by atoms with van der Waals surface area (Å²) in [5.74, 6) is -0.0453. The van der Waals surface area contributed by atoms with Crippen molar-refractivity contribution in [2.45, 2.75) is 38.6 Å². The number of hydrogen-bond acceptors (Lipinski definition) is 5. The van der Waals surface area contributed by atoms with E-state index in [1.807, 2.05) is 0 Å². The highest BCUT2D eigenvalue weighted by Gasteiger charge is 2.26. The summed E-state index contributed by atoms with van der Waals surface area (Å²) in [7, 11) is -3.75. The van der Waals surface area contributed by atoms with E-state index < -0.39 is 16.1 Å². The Kier molecular flexibility index (Phi) is 3.49. The third-order valence-electron chi connectivity index (χ3n) is 2.18. The van der Waals surface area contributed by atoms with E-state index in [2.05, 4.69) is 9.88 Å². The van der Waals surface area contributed by atoms with Gasteiger partial charge in [0.05, 0.1) is 6.04 Å². The molecule has 90 valence electrons. The molecule has 1 aromatic heterocycles. The summed E-state index contributed by atoms with van der Waals surface area (Å²) in [5.41, 5.74) is 0.278. The van der Waals surface area contributed by atoms with Gasteiger partial charge in [0, 0.05) is 0 Å². The van der Waals surface area contributed by atoms with Crippen molar-refractivity contribution in [1.29, 1.82) is 0 Å². The van der Waals surface area contributed by atoms with E-state index in [0.717, 1.165) is 0 Å². The summed E-state index contributed by atoms with van der Waals surface area (Å²) in [5, 5.41) is 3.56. The molecule has 0 amide bonds. The van der Waals surface area contributed by atoms with Crippen LogP contribution in [0.4, 0.5) is 0 Å². The van der Waals surface area contributed by atoms with Gasteiger partial charge in [-0.25, -0.2) is 13.1 Å². The van der Waals surface area contributed by atoms with Crippen LogP contribution in [0.3, 0.4) is 0 Å². The van der Waals surface area contributed by atoms with Gasteiger partial charge in [-0.3, -0.25) is 4.79 Å².